The van der Waals surface area contributed by atoms with Crippen LogP contribution in [0, 0.1) is 0 Å². The number of aromatic nitrogens is 5. The van der Waals surface area contributed by atoms with Crippen molar-refractivity contribution < 1.29 is 4.79 Å². The molecule has 0 radical (unpaired) electrons. The summed E-state index contributed by atoms with van der Waals surface area (Å²) in [5, 5.41) is 5.16. The molecule has 3 aromatic heterocycles. The zero-order valence-electron chi connectivity index (χ0n) is 15.0. The number of thiazole rings is 1. The zero-order chi connectivity index (χ0) is 19.1. The molecule has 0 unspecified atom stereocenters. The van der Waals surface area contributed by atoms with Crippen molar-refractivity contribution in [2.24, 2.45) is 7.05 Å². The number of hydrogen-bond acceptors (Lipinski definition) is 6. The summed E-state index contributed by atoms with van der Waals surface area (Å²) in [4.78, 5) is 25.9. The van der Waals surface area contributed by atoms with E-state index in [1.54, 1.807) is 16.4 Å². The Hall–Kier alpha value is -3.45. The molecule has 6 nitrogen and oxygen atoms in total. The van der Waals surface area contributed by atoms with Gasteiger partial charge in [0.15, 0.2) is 5.78 Å². The quantitative estimate of drug-likeness (QED) is 0.436. The van der Waals surface area contributed by atoms with E-state index in [9.17, 15) is 4.79 Å². The predicted octanol–water partition coefficient (Wildman–Crippen LogP) is 4.07. The van der Waals surface area contributed by atoms with E-state index in [4.69, 9.17) is 0 Å². The highest BCUT2D eigenvalue weighted by molar-refractivity contribution is 7.16. The summed E-state index contributed by atoms with van der Waals surface area (Å²) in [6, 6.07) is 11.6. The summed E-state index contributed by atoms with van der Waals surface area (Å²) >= 11 is 1.53. The minimum atomic E-state index is -0.00179. The Kier molecular flexibility index (Phi) is 3.95. The second kappa shape index (κ2) is 6.61. The van der Waals surface area contributed by atoms with Crippen molar-refractivity contribution >= 4 is 38.2 Å². The first kappa shape index (κ1) is 16.7. The molecule has 0 saturated heterocycles. The van der Waals surface area contributed by atoms with Crippen LogP contribution in [0.2, 0.25) is 0 Å². The smallest absolute Gasteiger partial charge is 0.170 e. The van der Waals surface area contributed by atoms with Gasteiger partial charge in [-0.15, -0.1) is 11.3 Å². The van der Waals surface area contributed by atoms with Crippen molar-refractivity contribution in [2.75, 3.05) is 0 Å². The number of carbonyl (C=O) groups excluding carboxylic acids is 1. The number of fused-ring (bicyclic) bond motifs is 2. The molecule has 0 bridgehead atoms. The van der Waals surface area contributed by atoms with Gasteiger partial charge in [0.25, 0.3) is 0 Å². The first-order valence-corrected chi connectivity index (χ1v) is 9.65. The van der Waals surface area contributed by atoms with Gasteiger partial charge in [-0.2, -0.15) is 5.10 Å². The summed E-state index contributed by atoms with van der Waals surface area (Å²) in [7, 11) is 1.89. The molecule has 7 heteroatoms. The van der Waals surface area contributed by atoms with Crippen molar-refractivity contribution in [3.05, 3.63) is 71.9 Å². The molecule has 0 aliphatic rings. The molecule has 2 aromatic carbocycles. The van der Waals surface area contributed by atoms with Crippen LogP contribution in [0.25, 0.3) is 32.2 Å². The Labute approximate surface area is 164 Å². The number of carbonyl (C=O) groups is 1. The minimum absolute atomic E-state index is 0.00179. The lowest BCUT2D eigenvalue weighted by Crippen LogP contribution is -2.07. The molecule has 5 rings (SSSR count). The van der Waals surface area contributed by atoms with Gasteiger partial charge in [-0.1, -0.05) is 12.1 Å². The number of ketones is 1. The predicted molar refractivity (Wildman–Crippen MR) is 109 cm³/mol. The van der Waals surface area contributed by atoms with Crippen LogP contribution in [0.5, 0.6) is 0 Å². The van der Waals surface area contributed by atoms with Gasteiger partial charge >= 0.3 is 0 Å². The number of nitrogens with zero attached hydrogens (tertiary/aromatic N) is 5. The molecule has 3 heterocycles. The lowest BCUT2D eigenvalue weighted by atomic mass is 10.1. The molecule has 5 aromatic rings. The topological polar surface area (TPSA) is 73.6 Å². The largest absolute Gasteiger partial charge is 0.294 e. The fraction of sp³-hybridized carbons (Fsp3) is 0.0952. The van der Waals surface area contributed by atoms with Gasteiger partial charge in [0.1, 0.15) is 5.82 Å². The van der Waals surface area contributed by atoms with Crippen LogP contribution in [-0.4, -0.2) is 30.5 Å². The second-order valence-corrected chi connectivity index (χ2v) is 7.48. The van der Waals surface area contributed by atoms with Crippen LogP contribution >= 0.6 is 11.3 Å². The fourth-order valence-electron chi connectivity index (χ4n) is 3.17. The molecule has 0 N–H and O–H groups in total. The van der Waals surface area contributed by atoms with E-state index in [-0.39, 0.29) is 12.2 Å². The van der Waals surface area contributed by atoms with Crippen molar-refractivity contribution in [1.82, 2.24) is 24.7 Å². The Morgan fingerprint density at radius 1 is 1.04 bits per heavy atom. The maximum atomic E-state index is 12.7. The van der Waals surface area contributed by atoms with Gasteiger partial charge in [0.05, 0.1) is 33.9 Å². The summed E-state index contributed by atoms with van der Waals surface area (Å²) in [6.45, 7) is 0. The van der Waals surface area contributed by atoms with Gasteiger partial charge in [-0.3, -0.25) is 9.48 Å². The van der Waals surface area contributed by atoms with Gasteiger partial charge < -0.3 is 0 Å². The molecule has 0 aliphatic heterocycles. The van der Waals surface area contributed by atoms with Gasteiger partial charge in [-0.25, -0.2) is 15.0 Å². The average Bonchev–Trinajstić information content (AvgIpc) is 3.35. The van der Waals surface area contributed by atoms with Crippen molar-refractivity contribution in [1.29, 1.82) is 0 Å². The van der Waals surface area contributed by atoms with E-state index in [0.717, 1.165) is 32.2 Å². The molecule has 0 aliphatic carbocycles. The second-order valence-electron chi connectivity index (χ2n) is 6.60. The van der Waals surface area contributed by atoms with Crippen molar-refractivity contribution in [3.63, 3.8) is 0 Å². The third kappa shape index (κ3) is 3.05. The molecule has 0 amide bonds. The van der Waals surface area contributed by atoms with E-state index < -0.39 is 0 Å². The van der Waals surface area contributed by atoms with Crippen LogP contribution in [0.1, 0.15) is 16.2 Å². The third-order valence-corrected chi connectivity index (χ3v) is 5.43. The maximum absolute atomic E-state index is 12.7. The number of aryl methyl sites for hydroxylation is 1. The van der Waals surface area contributed by atoms with Crippen LogP contribution in [0.15, 0.2) is 60.5 Å². The summed E-state index contributed by atoms with van der Waals surface area (Å²) in [5.41, 5.74) is 6.23. The van der Waals surface area contributed by atoms with Crippen LogP contribution in [0.4, 0.5) is 0 Å². The standard InChI is InChI=1S/C21H15N5OS/c1-26-11-16(10-24-26)13-2-3-15-9-22-21(25-18(15)6-13)8-19(27)14-4-5-17-20(7-14)28-12-23-17/h2-7,9-12H,8H2,1H3. The van der Waals surface area contributed by atoms with E-state index in [1.807, 2.05) is 55.8 Å². The lowest BCUT2D eigenvalue weighted by molar-refractivity contribution is 0.0991. The summed E-state index contributed by atoms with van der Waals surface area (Å²) in [6.07, 6.45) is 5.71. The maximum Gasteiger partial charge on any atom is 0.170 e. The highest BCUT2D eigenvalue weighted by Crippen LogP contribution is 2.23. The van der Waals surface area contributed by atoms with Crippen LogP contribution in [-0.2, 0) is 13.5 Å². The average molecular weight is 385 g/mol. The first-order valence-electron chi connectivity index (χ1n) is 8.77. The highest BCUT2D eigenvalue weighted by Gasteiger charge is 2.12. The normalized spacial score (nSPS) is 11.3. The monoisotopic (exact) mass is 385 g/mol. The van der Waals surface area contributed by atoms with E-state index in [0.29, 0.717) is 11.4 Å². The lowest BCUT2D eigenvalue weighted by Gasteiger charge is -2.04. The van der Waals surface area contributed by atoms with Gasteiger partial charge in [0, 0.05) is 36.0 Å². The number of benzene rings is 2. The van der Waals surface area contributed by atoms with E-state index >= 15 is 0 Å². The summed E-state index contributed by atoms with van der Waals surface area (Å²) < 4.78 is 2.77. The molecule has 0 fully saturated rings. The minimum Gasteiger partial charge on any atom is -0.294 e. The fourth-order valence-corrected chi connectivity index (χ4v) is 3.89. The van der Waals surface area contributed by atoms with E-state index in [2.05, 4.69) is 20.1 Å². The molecule has 136 valence electrons. The summed E-state index contributed by atoms with van der Waals surface area (Å²) in [5.74, 6) is 0.517. The molecular formula is C21H15N5OS. The molecule has 28 heavy (non-hydrogen) atoms. The Morgan fingerprint density at radius 3 is 2.82 bits per heavy atom. The highest BCUT2D eigenvalue weighted by atomic mass is 32.1. The van der Waals surface area contributed by atoms with E-state index in [1.165, 1.54) is 11.3 Å². The van der Waals surface area contributed by atoms with Gasteiger partial charge in [-0.05, 0) is 29.8 Å². The first-order chi connectivity index (χ1) is 13.7. The number of Topliss-reactive ketones (excluding diaryl/α,β-unsaturated/α-hetero) is 1. The van der Waals surface area contributed by atoms with Gasteiger partial charge in [0.2, 0.25) is 0 Å². The number of hydrogen-bond donors (Lipinski definition) is 0. The molecule has 0 atom stereocenters. The molecule has 0 saturated carbocycles. The Morgan fingerprint density at radius 2 is 1.96 bits per heavy atom. The SMILES string of the molecule is Cn1cc(-c2ccc3cnc(CC(=O)c4ccc5ncsc5c4)nc3c2)cn1. The third-order valence-electron chi connectivity index (χ3n) is 4.64. The Balaban J connectivity index is 1.45. The zero-order valence-corrected chi connectivity index (χ0v) is 15.8. The molecular weight excluding hydrogens is 370 g/mol. The van der Waals surface area contributed by atoms with Crippen molar-refractivity contribution in [3.8, 4) is 11.1 Å². The Bertz CT molecular complexity index is 1340. The van der Waals surface area contributed by atoms with Crippen molar-refractivity contribution in [2.45, 2.75) is 6.42 Å². The number of rotatable bonds is 4. The van der Waals surface area contributed by atoms with Crippen LogP contribution in [0.3, 0.4) is 0 Å². The van der Waals surface area contributed by atoms with Crippen LogP contribution < -0.4 is 0 Å². The molecule has 0 spiro atoms.